The molecule has 164 valence electrons. The number of halogens is 2. The normalized spacial score (nSPS) is 23.7. The molecule has 10 heteroatoms. The molecule has 3 atom stereocenters. The molecule has 1 saturated heterocycles. The first kappa shape index (κ1) is 24.2. The van der Waals surface area contributed by atoms with Crippen LogP contribution in [0.2, 0.25) is 10.0 Å². The molecule has 0 bridgehead atoms. The number of amides is 1. The lowest BCUT2D eigenvalue weighted by molar-refractivity contribution is -0.0679. The van der Waals surface area contributed by atoms with Gasteiger partial charge in [-0.05, 0) is 29.5 Å². The minimum absolute atomic E-state index is 0.186. The highest BCUT2D eigenvalue weighted by Gasteiger charge is 2.39. The van der Waals surface area contributed by atoms with Gasteiger partial charge in [-0.15, -0.1) is 0 Å². The molecule has 0 saturated carbocycles. The van der Waals surface area contributed by atoms with Crippen molar-refractivity contribution in [2.45, 2.75) is 45.3 Å². The van der Waals surface area contributed by atoms with Crippen LogP contribution in [0.1, 0.15) is 38.7 Å². The zero-order chi connectivity index (χ0) is 22.0. The molecule has 7 nitrogen and oxygen atoms in total. The minimum atomic E-state index is -3.34. The van der Waals surface area contributed by atoms with E-state index in [9.17, 15) is 18.3 Å². The van der Waals surface area contributed by atoms with E-state index in [1.54, 1.807) is 18.2 Å². The van der Waals surface area contributed by atoms with Gasteiger partial charge in [0.05, 0.1) is 35.1 Å². The molecule has 0 aliphatic carbocycles. The Morgan fingerprint density at radius 2 is 1.93 bits per heavy atom. The third-order valence-electron chi connectivity index (χ3n) is 4.99. The van der Waals surface area contributed by atoms with E-state index in [4.69, 9.17) is 27.9 Å². The Balaban J connectivity index is 2.41. The Bertz CT molecular complexity index is 841. The molecule has 2 rings (SSSR count). The summed E-state index contributed by atoms with van der Waals surface area (Å²) in [6, 6.07) is 5.19. The van der Waals surface area contributed by atoms with Crippen molar-refractivity contribution in [2.75, 3.05) is 25.9 Å². The number of nitrogens with one attached hydrogen (secondary N) is 1. The van der Waals surface area contributed by atoms with Crippen LogP contribution in [-0.2, 0) is 14.8 Å². The Morgan fingerprint density at radius 1 is 1.28 bits per heavy atom. The first-order valence-electron chi connectivity index (χ1n) is 9.31. The van der Waals surface area contributed by atoms with Gasteiger partial charge in [-0.25, -0.2) is 17.9 Å². The molecule has 1 amide bonds. The average molecular weight is 467 g/mol. The SMILES string of the molecule is CC(C)(C)C1CN(C(=O)O)C[C@@H](c2ccc(Cl)c(Cl)c2)[C@H](CCNS(C)(=O)=O)O1. The van der Waals surface area contributed by atoms with Crippen LogP contribution >= 0.6 is 23.2 Å². The molecular formula is C19H28Cl2N2O5S. The topological polar surface area (TPSA) is 95.9 Å². The fourth-order valence-corrected chi connectivity index (χ4v) is 4.13. The van der Waals surface area contributed by atoms with E-state index < -0.39 is 22.2 Å². The molecule has 0 spiro atoms. The summed E-state index contributed by atoms with van der Waals surface area (Å²) in [6.07, 6.45) is -0.299. The summed E-state index contributed by atoms with van der Waals surface area (Å²) >= 11 is 12.2. The van der Waals surface area contributed by atoms with Crippen LogP contribution in [0, 0.1) is 5.41 Å². The maximum atomic E-state index is 11.9. The predicted molar refractivity (Wildman–Crippen MR) is 114 cm³/mol. The van der Waals surface area contributed by atoms with Gasteiger partial charge in [0.2, 0.25) is 10.0 Å². The summed E-state index contributed by atoms with van der Waals surface area (Å²) in [5.41, 5.74) is 0.493. The van der Waals surface area contributed by atoms with Crippen molar-refractivity contribution in [1.82, 2.24) is 9.62 Å². The maximum Gasteiger partial charge on any atom is 0.407 e. The highest BCUT2D eigenvalue weighted by molar-refractivity contribution is 7.88. The first-order valence-corrected chi connectivity index (χ1v) is 12.0. The predicted octanol–water partition coefficient (Wildman–Crippen LogP) is 3.81. The fraction of sp³-hybridized carbons (Fsp3) is 0.632. The van der Waals surface area contributed by atoms with E-state index in [1.165, 1.54) is 4.90 Å². The summed E-state index contributed by atoms with van der Waals surface area (Å²) in [7, 11) is -3.34. The van der Waals surface area contributed by atoms with Crippen LogP contribution in [0.15, 0.2) is 18.2 Å². The monoisotopic (exact) mass is 466 g/mol. The zero-order valence-electron chi connectivity index (χ0n) is 17.0. The summed E-state index contributed by atoms with van der Waals surface area (Å²) in [6.45, 7) is 6.59. The van der Waals surface area contributed by atoms with Crippen molar-refractivity contribution in [1.29, 1.82) is 0 Å². The lowest BCUT2D eigenvalue weighted by atomic mass is 9.88. The lowest BCUT2D eigenvalue weighted by Gasteiger charge is -2.34. The van der Waals surface area contributed by atoms with Gasteiger partial charge in [0.25, 0.3) is 0 Å². The van der Waals surface area contributed by atoms with Crippen molar-refractivity contribution in [3.05, 3.63) is 33.8 Å². The van der Waals surface area contributed by atoms with Crippen LogP contribution in [0.3, 0.4) is 0 Å². The van der Waals surface area contributed by atoms with Crippen LogP contribution in [0.25, 0.3) is 0 Å². The van der Waals surface area contributed by atoms with Crippen LogP contribution < -0.4 is 4.72 Å². The van der Waals surface area contributed by atoms with E-state index in [1.807, 2.05) is 20.8 Å². The molecule has 1 fully saturated rings. The maximum absolute atomic E-state index is 11.9. The van der Waals surface area contributed by atoms with E-state index in [0.717, 1.165) is 11.8 Å². The third kappa shape index (κ3) is 7.00. The number of sulfonamides is 1. The van der Waals surface area contributed by atoms with E-state index in [2.05, 4.69) is 4.72 Å². The number of nitrogens with zero attached hydrogens (tertiary/aromatic N) is 1. The lowest BCUT2D eigenvalue weighted by Crippen LogP contribution is -2.42. The Hall–Kier alpha value is -1.06. The van der Waals surface area contributed by atoms with Gasteiger partial charge in [-0.2, -0.15) is 0 Å². The summed E-state index contributed by atoms with van der Waals surface area (Å²) in [5, 5.41) is 10.5. The zero-order valence-corrected chi connectivity index (χ0v) is 19.3. The Morgan fingerprint density at radius 3 is 2.45 bits per heavy atom. The standard InChI is InChI=1S/C19H28Cl2N2O5S/c1-19(2,3)17-11-23(18(24)25)10-13(12-5-6-14(20)15(21)9-12)16(28-17)7-8-22-29(4,26)27/h5-6,9,13,16-17,22H,7-8,10-11H2,1-4H3,(H,24,25)/t13-,16-,17?/m0/s1. The molecule has 0 aromatic heterocycles. The summed E-state index contributed by atoms with van der Waals surface area (Å²) in [5.74, 6) is -0.324. The number of benzene rings is 1. The van der Waals surface area contributed by atoms with E-state index in [-0.39, 0.29) is 37.1 Å². The number of hydrogen-bond acceptors (Lipinski definition) is 4. The molecular weight excluding hydrogens is 439 g/mol. The smallest absolute Gasteiger partial charge is 0.407 e. The molecule has 1 unspecified atom stereocenters. The number of ether oxygens (including phenoxy) is 1. The Labute approximate surface area is 182 Å². The van der Waals surface area contributed by atoms with Crippen molar-refractivity contribution in [3.63, 3.8) is 0 Å². The average Bonchev–Trinajstić information content (AvgIpc) is 2.76. The molecule has 2 N–H and O–H groups in total. The first-order chi connectivity index (χ1) is 13.3. The quantitative estimate of drug-likeness (QED) is 0.687. The highest BCUT2D eigenvalue weighted by atomic mass is 35.5. The van der Waals surface area contributed by atoms with Gasteiger partial charge < -0.3 is 14.7 Å². The molecule has 1 aliphatic heterocycles. The van der Waals surface area contributed by atoms with Gasteiger partial charge in [0.15, 0.2) is 0 Å². The minimum Gasteiger partial charge on any atom is -0.465 e. The van der Waals surface area contributed by atoms with E-state index in [0.29, 0.717) is 16.5 Å². The third-order valence-corrected chi connectivity index (χ3v) is 6.46. The number of hydrogen-bond donors (Lipinski definition) is 2. The molecule has 1 aliphatic rings. The van der Waals surface area contributed by atoms with E-state index >= 15 is 0 Å². The van der Waals surface area contributed by atoms with Crippen LogP contribution in [0.5, 0.6) is 0 Å². The summed E-state index contributed by atoms with van der Waals surface area (Å²) < 4.78 is 31.8. The molecule has 0 radical (unpaired) electrons. The number of rotatable bonds is 5. The van der Waals surface area contributed by atoms with Crippen LogP contribution in [-0.4, -0.2) is 62.6 Å². The van der Waals surface area contributed by atoms with Gasteiger partial charge in [0, 0.05) is 19.0 Å². The second kappa shape index (κ2) is 9.39. The van der Waals surface area contributed by atoms with Crippen molar-refractivity contribution in [3.8, 4) is 0 Å². The van der Waals surface area contributed by atoms with Gasteiger partial charge >= 0.3 is 6.09 Å². The molecule has 29 heavy (non-hydrogen) atoms. The molecule has 1 aromatic carbocycles. The van der Waals surface area contributed by atoms with Gasteiger partial charge in [-0.1, -0.05) is 50.0 Å². The van der Waals surface area contributed by atoms with Crippen LogP contribution in [0.4, 0.5) is 4.79 Å². The fourth-order valence-electron chi connectivity index (χ4n) is 3.33. The van der Waals surface area contributed by atoms with Crippen molar-refractivity contribution >= 4 is 39.3 Å². The van der Waals surface area contributed by atoms with Gasteiger partial charge in [0.1, 0.15) is 0 Å². The largest absolute Gasteiger partial charge is 0.465 e. The number of carboxylic acid groups (broad SMARTS) is 1. The molecule has 1 heterocycles. The summed E-state index contributed by atoms with van der Waals surface area (Å²) in [4.78, 5) is 13.2. The van der Waals surface area contributed by atoms with Gasteiger partial charge in [-0.3, -0.25) is 0 Å². The number of carbonyl (C=O) groups is 1. The Kier molecular flexibility index (Phi) is 7.84. The highest BCUT2D eigenvalue weighted by Crippen LogP contribution is 2.36. The second-order valence-electron chi connectivity index (χ2n) is 8.45. The second-order valence-corrected chi connectivity index (χ2v) is 11.1. The molecule has 1 aromatic rings. The van der Waals surface area contributed by atoms with Crippen molar-refractivity contribution < 1.29 is 23.1 Å². The van der Waals surface area contributed by atoms with Crippen molar-refractivity contribution in [2.24, 2.45) is 5.41 Å².